The Labute approximate surface area is 72.1 Å². The second kappa shape index (κ2) is 17.7. The molecule has 4 heteroatoms. The molecular formula is CHFe2NNa. The van der Waals surface area contributed by atoms with Crippen LogP contribution >= 0.6 is 0 Å². The number of hydrogen-bond acceptors (Lipinski definition) is 1. The molecule has 0 spiro atoms. The summed E-state index contributed by atoms with van der Waals surface area (Å²) in [5.41, 5.74) is 0. The van der Waals surface area contributed by atoms with Gasteiger partial charge in [-0.25, -0.2) is 0 Å². The van der Waals surface area contributed by atoms with E-state index in [-0.39, 0.29) is 46.6 Å². The van der Waals surface area contributed by atoms with Gasteiger partial charge < -0.3 is 0 Å². The van der Waals surface area contributed by atoms with E-state index in [1.165, 1.54) is 4.97 Å². The van der Waals surface area contributed by atoms with E-state index in [0.717, 1.165) is 0 Å². The van der Waals surface area contributed by atoms with Crippen molar-refractivity contribution in [3.63, 3.8) is 0 Å². The molecule has 27 valence electrons. The van der Waals surface area contributed by atoms with Crippen molar-refractivity contribution in [2.24, 2.45) is 0 Å². The van der Waals surface area contributed by atoms with Gasteiger partial charge in [0.05, 0.1) is 0 Å². The predicted octanol–water partition coefficient (Wildman–Crippen LogP) is -0.637. The summed E-state index contributed by atoms with van der Waals surface area (Å²) in [4.78, 5) is 1.50. The molecule has 0 aromatic carbocycles. The van der Waals surface area contributed by atoms with Crippen LogP contribution in [0.2, 0.25) is 0 Å². The molecule has 0 aliphatic carbocycles. The van der Waals surface area contributed by atoms with Crippen molar-refractivity contribution in [2.45, 2.75) is 0 Å². The number of nitriles is 1. The second-order valence-corrected chi connectivity index (χ2v) is 0.326. The Balaban J connectivity index is -0.0000000200. The van der Waals surface area contributed by atoms with Crippen LogP contribution in [0.1, 0.15) is 0 Å². The average molecular weight is 162 g/mol. The molecule has 1 nitrogen and oxygen atoms in total. The molecule has 0 fully saturated rings. The van der Waals surface area contributed by atoms with Gasteiger partial charge in [0.2, 0.25) is 0 Å². The minimum absolute atomic E-state index is 0. The molecule has 0 saturated carbocycles. The van der Waals surface area contributed by atoms with Gasteiger partial charge >= 0.3 is 55.8 Å². The molecule has 0 N–H and O–H groups in total. The topological polar surface area (TPSA) is 23.8 Å². The number of hydrogen-bond donors (Lipinski definition) is 0. The zero-order chi connectivity index (χ0) is 2.71. The molecule has 0 bridgehead atoms. The van der Waals surface area contributed by atoms with Crippen molar-refractivity contribution in [1.82, 2.24) is 0 Å². The first-order valence-corrected chi connectivity index (χ1v) is 0.952. The van der Waals surface area contributed by atoms with E-state index in [4.69, 9.17) is 5.26 Å². The molecule has 0 aromatic rings. The Morgan fingerprint density at radius 3 is 1.60 bits per heavy atom. The summed E-state index contributed by atoms with van der Waals surface area (Å²) < 4.78 is 0. The molecule has 0 saturated heterocycles. The molecule has 5 heavy (non-hydrogen) atoms. The van der Waals surface area contributed by atoms with Crippen molar-refractivity contribution < 1.29 is 33.1 Å². The van der Waals surface area contributed by atoms with Crippen molar-refractivity contribution in [1.29, 1.82) is 5.26 Å². The molecule has 0 rings (SSSR count). The van der Waals surface area contributed by atoms with Gasteiger partial charge in [0.15, 0.2) is 0 Å². The molecule has 0 amide bonds. The van der Waals surface area contributed by atoms with Gasteiger partial charge in [0, 0.05) is 17.1 Å². The SMILES string of the molecule is N#[C][Fe].[Fe].[NaH]. The molecule has 0 radical (unpaired) electrons. The summed E-state index contributed by atoms with van der Waals surface area (Å²) >= 11 is 2.79. The summed E-state index contributed by atoms with van der Waals surface area (Å²) in [5, 5.41) is 7.21. The van der Waals surface area contributed by atoms with Crippen LogP contribution in [-0.2, 0) is 33.1 Å². The fourth-order valence-corrected chi connectivity index (χ4v) is 0. The maximum absolute atomic E-state index is 7.21. The monoisotopic (exact) mass is 162 g/mol. The summed E-state index contributed by atoms with van der Waals surface area (Å²) in [6.07, 6.45) is 0. The summed E-state index contributed by atoms with van der Waals surface area (Å²) in [5.74, 6) is 0. The second-order valence-electron chi connectivity index (χ2n) is 0.0791. The first kappa shape index (κ1) is 16.0. The van der Waals surface area contributed by atoms with E-state index >= 15 is 0 Å². The van der Waals surface area contributed by atoms with Gasteiger partial charge in [-0.1, -0.05) is 0 Å². The van der Waals surface area contributed by atoms with Crippen LogP contribution in [0.3, 0.4) is 0 Å². The summed E-state index contributed by atoms with van der Waals surface area (Å²) in [6, 6.07) is 0. The van der Waals surface area contributed by atoms with Crippen LogP contribution < -0.4 is 0 Å². The van der Waals surface area contributed by atoms with Crippen LogP contribution in [0.5, 0.6) is 0 Å². The normalized spacial score (nSPS) is 1.60. The van der Waals surface area contributed by atoms with Gasteiger partial charge in [-0.05, 0) is 0 Å². The third-order valence-corrected chi connectivity index (χ3v) is 0. The standard InChI is InChI=1S/CN.2Fe.Na.H/c1-2;;;;. The molecule has 0 atom stereocenters. The Kier molecular flexibility index (Phi) is 56.8. The minimum atomic E-state index is 0. The molecule has 0 heterocycles. The van der Waals surface area contributed by atoms with Crippen molar-refractivity contribution in [3.05, 3.63) is 0 Å². The molecule has 0 aliphatic rings. The number of nitrogens with zero attached hydrogens (tertiary/aromatic N) is 1. The van der Waals surface area contributed by atoms with Crippen molar-refractivity contribution in [3.8, 4) is 4.97 Å². The van der Waals surface area contributed by atoms with Gasteiger partial charge in [0.1, 0.15) is 0 Å². The fourth-order valence-electron chi connectivity index (χ4n) is 0. The van der Waals surface area contributed by atoms with Gasteiger partial charge in [-0.3, -0.25) is 0 Å². The zero-order valence-electron chi connectivity index (χ0n) is 1.65. The zero-order valence-corrected chi connectivity index (χ0v) is 3.86. The average Bonchev–Trinajstić information content (AvgIpc) is 0.918. The third-order valence-electron chi connectivity index (χ3n) is 0. The molecular weight excluding hydrogens is 161 g/mol. The van der Waals surface area contributed by atoms with E-state index in [0.29, 0.717) is 0 Å². The van der Waals surface area contributed by atoms with E-state index in [1.807, 2.05) is 0 Å². The number of rotatable bonds is 0. The third kappa shape index (κ3) is 29.5. The maximum atomic E-state index is 7.21. The van der Waals surface area contributed by atoms with Crippen LogP contribution in [0.15, 0.2) is 0 Å². The Morgan fingerprint density at radius 1 is 1.60 bits per heavy atom. The summed E-state index contributed by atoms with van der Waals surface area (Å²) in [6.45, 7) is 0. The van der Waals surface area contributed by atoms with E-state index < -0.39 is 0 Å². The molecule has 0 unspecified atom stereocenters. The van der Waals surface area contributed by atoms with E-state index in [2.05, 4.69) is 16.0 Å². The van der Waals surface area contributed by atoms with Gasteiger partial charge in [0.25, 0.3) is 0 Å². The van der Waals surface area contributed by atoms with Crippen LogP contribution in [0.4, 0.5) is 0 Å². The Morgan fingerprint density at radius 2 is 1.60 bits per heavy atom. The Bertz CT molecular complexity index is 31.1. The van der Waals surface area contributed by atoms with Gasteiger partial charge in [-0.15, -0.1) is 0 Å². The van der Waals surface area contributed by atoms with Crippen molar-refractivity contribution in [2.75, 3.05) is 0 Å². The first-order chi connectivity index (χ1) is 1.41. The molecule has 0 aromatic heterocycles. The predicted molar refractivity (Wildman–Crippen MR) is 12.8 cm³/mol. The molecule has 0 aliphatic heterocycles. The fraction of sp³-hybridized carbons (Fsp3) is 0. The summed E-state index contributed by atoms with van der Waals surface area (Å²) in [7, 11) is 0. The van der Waals surface area contributed by atoms with Crippen LogP contribution in [0, 0.1) is 10.2 Å². The van der Waals surface area contributed by atoms with Crippen LogP contribution in [-0.4, -0.2) is 29.6 Å². The first-order valence-electron chi connectivity index (χ1n) is 0.400. The van der Waals surface area contributed by atoms with E-state index in [9.17, 15) is 0 Å². The van der Waals surface area contributed by atoms with E-state index in [1.54, 1.807) is 0 Å². The van der Waals surface area contributed by atoms with Gasteiger partial charge in [-0.2, -0.15) is 0 Å². The van der Waals surface area contributed by atoms with Crippen molar-refractivity contribution >= 4 is 29.6 Å². The van der Waals surface area contributed by atoms with Crippen LogP contribution in [0.25, 0.3) is 0 Å². The Hall–Kier alpha value is 1.53. The quantitative estimate of drug-likeness (QED) is 0.434.